The van der Waals surface area contributed by atoms with Gasteiger partial charge in [-0.05, 0) is 0 Å². The maximum atomic E-state index is 12.5. The number of carbonyl (C=O) groups excluding carboxylic acids is 2. The van der Waals surface area contributed by atoms with Crippen molar-refractivity contribution in [1.82, 2.24) is 0 Å². The lowest BCUT2D eigenvalue weighted by atomic mass is 10.1. The van der Waals surface area contributed by atoms with Gasteiger partial charge < -0.3 is 16.2 Å². The van der Waals surface area contributed by atoms with Crippen LogP contribution in [-0.2, 0) is 14.3 Å². The van der Waals surface area contributed by atoms with E-state index in [0.29, 0.717) is 0 Å². The largest absolute Gasteiger partial charge is 0.468 e. The number of carbonyl (C=O) groups is 2. The zero-order chi connectivity index (χ0) is 9.72. The van der Waals surface area contributed by atoms with Crippen molar-refractivity contribution in [3.05, 3.63) is 0 Å². The normalized spacial score (nSPS) is 14.9. The molecule has 0 aromatic heterocycles. The van der Waals surface area contributed by atoms with E-state index in [1.807, 2.05) is 0 Å². The van der Waals surface area contributed by atoms with E-state index in [9.17, 15) is 14.0 Å². The molecule has 0 aliphatic rings. The number of nitrogens with two attached hydrogens (primary N) is 2. The molecular formula is C6H11FN2O3. The summed E-state index contributed by atoms with van der Waals surface area (Å²) < 4.78 is 16.7. The number of rotatable bonds is 4. The first-order chi connectivity index (χ1) is 5.49. The molecule has 0 rings (SSSR count). The van der Waals surface area contributed by atoms with Crippen LogP contribution in [0.3, 0.4) is 0 Å². The van der Waals surface area contributed by atoms with Gasteiger partial charge >= 0.3 is 5.97 Å². The number of esters is 1. The molecule has 70 valence electrons. The van der Waals surface area contributed by atoms with Crippen molar-refractivity contribution in [2.45, 2.75) is 18.6 Å². The Morgan fingerprint density at radius 2 is 2.08 bits per heavy atom. The van der Waals surface area contributed by atoms with Gasteiger partial charge in [-0.1, -0.05) is 0 Å². The highest BCUT2D eigenvalue weighted by molar-refractivity contribution is 5.81. The first kappa shape index (κ1) is 10.8. The quantitative estimate of drug-likeness (QED) is 0.523. The summed E-state index contributed by atoms with van der Waals surface area (Å²) in [6, 6.07) is -1.14. The minimum atomic E-state index is -1.90. The van der Waals surface area contributed by atoms with E-state index in [2.05, 4.69) is 10.5 Å². The molecule has 6 heteroatoms. The zero-order valence-corrected chi connectivity index (χ0v) is 6.62. The highest BCUT2D eigenvalue weighted by atomic mass is 19.1. The average molecular weight is 178 g/mol. The lowest BCUT2D eigenvalue weighted by Crippen LogP contribution is -2.38. The fourth-order valence-electron chi connectivity index (χ4n) is 0.587. The van der Waals surface area contributed by atoms with Crippen molar-refractivity contribution < 1.29 is 18.7 Å². The Morgan fingerprint density at radius 1 is 1.58 bits per heavy atom. The van der Waals surface area contributed by atoms with Gasteiger partial charge in [0.1, 0.15) is 6.04 Å². The van der Waals surface area contributed by atoms with Crippen LogP contribution in [-0.4, -0.2) is 31.2 Å². The Morgan fingerprint density at radius 3 is 2.42 bits per heavy atom. The van der Waals surface area contributed by atoms with E-state index in [0.717, 1.165) is 7.11 Å². The summed E-state index contributed by atoms with van der Waals surface area (Å²) in [5.41, 5.74) is 9.75. The highest BCUT2D eigenvalue weighted by Gasteiger charge is 2.22. The van der Waals surface area contributed by atoms with Crippen molar-refractivity contribution in [2.24, 2.45) is 11.5 Å². The van der Waals surface area contributed by atoms with Gasteiger partial charge in [-0.3, -0.25) is 9.59 Å². The molecule has 0 unspecified atom stereocenters. The number of alkyl halides is 1. The van der Waals surface area contributed by atoms with E-state index >= 15 is 0 Å². The van der Waals surface area contributed by atoms with Crippen LogP contribution in [0.25, 0.3) is 0 Å². The zero-order valence-electron chi connectivity index (χ0n) is 6.62. The molecule has 0 bridgehead atoms. The molecule has 4 N–H and O–H groups in total. The van der Waals surface area contributed by atoms with Gasteiger partial charge in [-0.2, -0.15) is 0 Å². The molecule has 2 atom stereocenters. The van der Waals surface area contributed by atoms with Gasteiger partial charge in [0.05, 0.1) is 7.11 Å². The molecular weight excluding hydrogens is 167 g/mol. The third kappa shape index (κ3) is 3.29. The second-order valence-corrected chi connectivity index (χ2v) is 2.24. The summed E-state index contributed by atoms with van der Waals surface area (Å²) >= 11 is 0. The number of ether oxygens (including phenoxy) is 1. The minimum Gasteiger partial charge on any atom is -0.468 e. The first-order valence-corrected chi connectivity index (χ1v) is 3.25. The predicted octanol–water partition coefficient (Wildman–Crippen LogP) is -1.30. The van der Waals surface area contributed by atoms with E-state index in [-0.39, 0.29) is 0 Å². The summed E-state index contributed by atoms with van der Waals surface area (Å²) in [7, 11) is 1.12. The van der Waals surface area contributed by atoms with Crippen LogP contribution < -0.4 is 11.5 Å². The standard InChI is InChI=1S/C6H11FN2O3/c1-12-6(11)4(8)2-3(7)5(9)10/h3-4H,2,8H2,1H3,(H2,9,10)/t3-,4+/m1/s1. The van der Waals surface area contributed by atoms with Crippen LogP contribution in [0.15, 0.2) is 0 Å². The van der Waals surface area contributed by atoms with E-state index in [1.54, 1.807) is 0 Å². The van der Waals surface area contributed by atoms with Crippen LogP contribution in [0, 0.1) is 0 Å². The molecule has 0 spiro atoms. The molecule has 0 heterocycles. The van der Waals surface area contributed by atoms with Crippen LogP contribution in [0.5, 0.6) is 0 Å². The first-order valence-electron chi connectivity index (χ1n) is 3.25. The number of amides is 1. The van der Waals surface area contributed by atoms with Gasteiger partial charge in [0.15, 0.2) is 6.17 Å². The van der Waals surface area contributed by atoms with Crippen molar-refractivity contribution in [3.63, 3.8) is 0 Å². The van der Waals surface area contributed by atoms with Crippen LogP contribution in [0.2, 0.25) is 0 Å². The third-order valence-electron chi connectivity index (χ3n) is 1.27. The second kappa shape index (κ2) is 4.66. The minimum absolute atomic E-state index is 0.442. The fourth-order valence-corrected chi connectivity index (χ4v) is 0.587. The summed E-state index contributed by atoms with van der Waals surface area (Å²) in [4.78, 5) is 20.8. The summed E-state index contributed by atoms with van der Waals surface area (Å²) in [6.45, 7) is 0. The molecule has 0 aliphatic carbocycles. The number of hydrogen-bond donors (Lipinski definition) is 2. The maximum absolute atomic E-state index is 12.5. The van der Waals surface area contributed by atoms with Gasteiger partial charge in [0.2, 0.25) is 0 Å². The Bertz CT molecular complexity index is 186. The van der Waals surface area contributed by atoms with E-state index < -0.39 is 30.5 Å². The molecule has 0 aliphatic heterocycles. The molecule has 0 saturated heterocycles. The Kier molecular flexibility index (Phi) is 4.20. The SMILES string of the molecule is COC(=O)[C@@H](N)C[C@@H](F)C(N)=O. The highest BCUT2D eigenvalue weighted by Crippen LogP contribution is 2.01. The lowest BCUT2D eigenvalue weighted by Gasteiger charge is -2.09. The van der Waals surface area contributed by atoms with Crippen molar-refractivity contribution in [3.8, 4) is 0 Å². The van der Waals surface area contributed by atoms with E-state index in [1.165, 1.54) is 0 Å². The van der Waals surface area contributed by atoms with Gasteiger partial charge in [0.25, 0.3) is 5.91 Å². The van der Waals surface area contributed by atoms with Gasteiger partial charge in [-0.15, -0.1) is 0 Å². The summed E-state index contributed by atoms with van der Waals surface area (Å²) in [5.74, 6) is -1.90. The number of hydrogen-bond acceptors (Lipinski definition) is 4. The number of halogens is 1. The van der Waals surface area contributed by atoms with E-state index in [4.69, 9.17) is 5.73 Å². The molecule has 5 nitrogen and oxygen atoms in total. The molecule has 1 amide bonds. The van der Waals surface area contributed by atoms with Crippen LogP contribution in [0.4, 0.5) is 4.39 Å². The van der Waals surface area contributed by atoms with Crippen LogP contribution in [0.1, 0.15) is 6.42 Å². The molecule has 0 aromatic rings. The Balaban J connectivity index is 3.91. The van der Waals surface area contributed by atoms with Crippen molar-refractivity contribution in [1.29, 1.82) is 0 Å². The molecule has 0 aromatic carbocycles. The van der Waals surface area contributed by atoms with Crippen molar-refractivity contribution in [2.75, 3.05) is 7.11 Å². The smallest absolute Gasteiger partial charge is 0.322 e. The molecule has 0 radical (unpaired) electrons. The topological polar surface area (TPSA) is 95.4 Å². The van der Waals surface area contributed by atoms with Crippen molar-refractivity contribution >= 4 is 11.9 Å². The van der Waals surface area contributed by atoms with Gasteiger partial charge in [-0.25, -0.2) is 4.39 Å². The van der Waals surface area contributed by atoms with Crippen LogP contribution >= 0.6 is 0 Å². The third-order valence-corrected chi connectivity index (χ3v) is 1.27. The Hall–Kier alpha value is -1.17. The number of methoxy groups -OCH3 is 1. The predicted molar refractivity (Wildman–Crippen MR) is 38.7 cm³/mol. The number of primary amides is 1. The molecule has 0 saturated carbocycles. The molecule has 12 heavy (non-hydrogen) atoms. The maximum Gasteiger partial charge on any atom is 0.322 e. The van der Waals surface area contributed by atoms with Gasteiger partial charge in [0, 0.05) is 6.42 Å². The monoisotopic (exact) mass is 178 g/mol. The summed E-state index contributed by atoms with van der Waals surface area (Å²) in [5, 5.41) is 0. The second-order valence-electron chi connectivity index (χ2n) is 2.24. The fraction of sp³-hybridized carbons (Fsp3) is 0.667. The average Bonchev–Trinajstić information content (AvgIpc) is 2.02. The molecule has 0 fully saturated rings. The Labute approximate surface area is 68.8 Å². The summed E-state index contributed by atoms with van der Waals surface area (Å²) in [6.07, 6.45) is -2.35. The lowest BCUT2D eigenvalue weighted by molar-refractivity contribution is -0.142.